The smallest absolute Gasteiger partial charge is 0.0281 e. The predicted octanol–water partition coefficient (Wildman–Crippen LogP) is 15.1. The van der Waals surface area contributed by atoms with Gasteiger partial charge in [-0.2, -0.15) is 0 Å². The summed E-state index contributed by atoms with van der Waals surface area (Å²) in [5, 5.41) is 0. The van der Waals surface area contributed by atoms with Crippen LogP contribution in [0.25, 0.3) is 0 Å². The Morgan fingerprint density at radius 3 is 1.20 bits per heavy atom. The van der Waals surface area contributed by atoms with Gasteiger partial charge in [0.1, 0.15) is 0 Å². The van der Waals surface area contributed by atoms with Crippen molar-refractivity contribution in [2.75, 3.05) is 13.1 Å². The molecule has 260 valence electrons. The van der Waals surface area contributed by atoms with Crippen LogP contribution in [0.15, 0.2) is 36.5 Å². The van der Waals surface area contributed by atoms with Crippen LogP contribution in [0, 0.1) is 0 Å². The molecule has 0 saturated carbocycles. The highest BCUT2D eigenvalue weighted by Gasteiger charge is 2.18. The minimum Gasteiger partial charge on any atom is -0.293 e. The maximum atomic E-state index is 2.74. The van der Waals surface area contributed by atoms with Crippen molar-refractivity contribution in [2.45, 2.75) is 226 Å². The minimum absolute atomic E-state index is 0.731. The zero-order valence-corrected chi connectivity index (χ0v) is 31.1. The monoisotopic (exact) mass is 614 g/mol. The molecule has 0 radical (unpaired) electrons. The molecule has 1 unspecified atom stereocenters. The van der Waals surface area contributed by atoms with Crippen LogP contribution in [0.2, 0.25) is 0 Å². The van der Waals surface area contributed by atoms with Gasteiger partial charge in [-0.15, -0.1) is 0 Å². The van der Waals surface area contributed by atoms with Crippen molar-refractivity contribution in [3.63, 3.8) is 0 Å². The Morgan fingerprint density at radius 1 is 0.455 bits per heavy atom. The van der Waals surface area contributed by atoms with E-state index in [4.69, 9.17) is 0 Å². The molecule has 0 fully saturated rings. The molecular weight excluding hydrogens is 530 g/mol. The zero-order chi connectivity index (χ0) is 32.0. The first-order valence-electron chi connectivity index (χ1n) is 20.5. The molecule has 0 spiro atoms. The highest BCUT2D eigenvalue weighted by Crippen LogP contribution is 2.19. The second-order valence-electron chi connectivity index (χ2n) is 13.9. The van der Waals surface area contributed by atoms with Gasteiger partial charge in [-0.25, -0.2) is 0 Å². The first-order valence-corrected chi connectivity index (χ1v) is 20.5. The standard InChI is InChI=1S/C40H75N.C3H8/c1-3-5-7-9-11-13-15-17-19-21-23-25-27-29-31-33-36-40-37-35-39-41(40)38-34-32-30-28-26-24-22-20-18-16-14-12-10-8-6-4-2;1-3-2/h17-20,35,37,40H,3-16,21-34,36,38-39H2,1-2H3;3H2,1-2H3. The Hall–Kier alpha value is -0.820. The third kappa shape index (κ3) is 32.6. The van der Waals surface area contributed by atoms with Crippen LogP contribution in [0.5, 0.6) is 0 Å². The largest absolute Gasteiger partial charge is 0.293 e. The van der Waals surface area contributed by atoms with Gasteiger partial charge in [0, 0.05) is 12.6 Å². The number of rotatable bonds is 32. The Morgan fingerprint density at radius 2 is 0.795 bits per heavy atom. The second kappa shape index (κ2) is 38.4. The highest BCUT2D eigenvalue weighted by molar-refractivity contribution is 5.03. The quantitative estimate of drug-likeness (QED) is 0.0539. The van der Waals surface area contributed by atoms with E-state index in [2.05, 4.69) is 69.1 Å². The third-order valence-electron chi connectivity index (χ3n) is 9.14. The first kappa shape index (κ1) is 43.2. The van der Waals surface area contributed by atoms with Crippen molar-refractivity contribution in [3.05, 3.63) is 36.5 Å². The summed E-state index contributed by atoms with van der Waals surface area (Å²) in [7, 11) is 0. The molecular formula is C43H83N. The average molecular weight is 614 g/mol. The number of hydrogen-bond donors (Lipinski definition) is 0. The summed E-state index contributed by atoms with van der Waals surface area (Å²) in [6.45, 7) is 11.4. The van der Waals surface area contributed by atoms with Gasteiger partial charge in [0.2, 0.25) is 0 Å². The van der Waals surface area contributed by atoms with E-state index in [-0.39, 0.29) is 0 Å². The van der Waals surface area contributed by atoms with Gasteiger partial charge in [0.15, 0.2) is 0 Å². The summed E-state index contributed by atoms with van der Waals surface area (Å²) in [6, 6.07) is 0.731. The molecule has 44 heavy (non-hydrogen) atoms. The topological polar surface area (TPSA) is 3.24 Å². The molecule has 1 nitrogen and oxygen atoms in total. The lowest BCUT2D eigenvalue weighted by atomic mass is 10.0. The summed E-state index contributed by atoms with van der Waals surface area (Å²) >= 11 is 0. The molecule has 0 aliphatic carbocycles. The molecule has 1 atom stereocenters. The van der Waals surface area contributed by atoms with Crippen LogP contribution in [0.1, 0.15) is 220 Å². The Kier molecular flexibility index (Phi) is 37.6. The van der Waals surface area contributed by atoms with E-state index in [9.17, 15) is 0 Å². The van der Waals surface area contributed by atoms with E-state index in [0.717, 1.165) is 6.04 Å². The molecule has 1 heterocycles. The molecule has 0 saturated heterocycles. The fourth-order valence-corrected chi connectivity index (χ4v) is 6.31. The summed E-state index contributed by atoms with van der Waals surface area (Å²) in [4.78, 5) is 2.74. The molecule has 0 aromatic heterocycles. The summed E-state index contributed by atoms with van der Waals surface area (Å²) < 4.78 is 0. The molecule has 0 amide bonds. The van der Waals surface area contributed by atoms with E-state index in [1.165, 1.54) is 206 Å². The van der Waals surface area contributed by atoms with Crippen molar-refractivity contribution in [1.29, 1.82) is 0 Å². The lowest BCUT2D eigenvalue weighted by Crippen LogP contribution is -2.30. The molecule has 0 aromatic carbocycles. The van der Waals surface area contributed by atoms with Crippen molar-refractivity contribution in [2.24, 2.45) is 0 Å². The van der Waals surface area contributed by atoms with Crippen molar-refractivity contribution in [1.82, 2.24) is 4.90 Å². The van der Waals surface area contributed by atoms with Crippen molar-refractivity contribution in [3.8, 4) is 0 Å². The SMILES string of the molecule is CCC.CCCCCCCCC=CCCCCCCCCC1C=CCN1CCCCCCCCC=CCCCCCCCC. The molecule has 0 N–H and O–H groups in total. The summed E-state index contributed by atoms with van der Waals surface area (Å²) in [5.41, 5.74) is 0. The lowest BCUT2D eigenvalue weighted by Gasteiger charge is -2.24. The van der Waals surface area contributed by atoms with Crippen LogP contribution < -0.4 is 0 Å². The van der Waals surface area contributed by atoms with Gasteiger partial charge in [-0.3, -0.25) is 4.90 Å². The Bertz CT molecular complexity index is 602. The molecule has 0 aromatic rings. The number of unbranched alkanes of at least 4 members (excludes halogenated alkanes) is 24. The number of nitrogens with zero attached hydrogens (tertiary/aromatic N) is 1. The average Bonchev–Trinajstić information content (AvgIpc) is 3.48. The Labute approximate surface area is 280 Å². The summed E-state index contributed by atoms with van der Waals surface area (Å²) in [6.07, 6.45) is 56.5. The molecule has 1 aliphatic heterocycles. The summed E-state index contributed by atoms with van der Waals surface area (Å²) in [5.74, 6) is 0. The molecule has 1 aliphatic rings. The second-order valence-corrected chi connectivity index (χ2v) is 13.9. The predicted molar refractivity (Wildman–Crippen MR) is 204 cm³/mol. The van der Waals surface area contributed by atoms with E-state index in [0.29, 0.717) is 0 Å². The van der Waals surface area contributed by atoms with E-state index in [1.807, 2.05) is 0 Å². The van der Waals surface area contributed by atoms with Crippen LogP contribution in [-0.2, 0) is 0 Å². The van der Waals surface area contributed by atoms with Gasteiger partial charge >= 0.3 is 0 Å². The van der Waals surface area contributed by atoms with Crippen LogP contribution >= 0.6 is 0 Å². The van der Waals surface area contributed by atoms with Crippen molar-refractivity contribution < 1.29 is 0 Å². The van der Waals surface area contributed by atoms with Crippen LogP contribution in [0.3, 0.4) is 0 Å². The Balaban J connectivity index is 0.00000590. The fraction of sp³-hybridized carbons (Fsp3) is 0.860. The zero-order valence-electron chi connectivity index (χ0n) is 31.1. The molecule has 0 bridgehead atoms. The maximum Gasteiger partial charge on any atom is 0.0281 e. The van der Waals surface area contributed by atoms with E-state index in [1.54, 1.807) is 0 Å². The van der Waals surface area contributed by atoms with Crippen LogP contribution in [0.4, 0.5) is 0 Å². The third-order valence-corrected chi connectivity index (χ3v) is 9.14. The van der Waals surface area contributed by atoms with E-state index >= 15 is 0 Å². The van der Waals surface area contributed by atoms with E-state index < -0.39 is 0 Å². The number of allylic oxidation sites excluding steroid dienone is 4. The minimum atomic E-state index is 0.731. The molecule has 1 heteroatoms. The first-order chi connectivity index (χ1) is 21.8. The fourth-order valence-electron chi connectivity index (χ4n) is 6.31. The van der Waals surface area contributed by atoms with Gasteiger partial charge in [-0.05, 0) is 70.8 Å². The van der Waals surface area contributed by atoms with Crippen molar-refractivity contribution >= 4 is 0 Å². The van der Waals surface area contributed by atoms with Gasteiger partial charge in [0.25, 0.3) is 0 Å². The normalized spacial score (nSPS) is 15.1. The van der Waals surface area contributed by atoms with Crippen LogP contribution in [-0.4, -0.2) is 24.0 Å². The maximum absolute atomic E-state index is 2.74. The number of hydrogen-bond acceptors (Lipinski definition) is 1. The van der Waals surface area contributed by atoms with Gasteiger partial charge < -0.3 is 0 Å². The lowest BCUT2D eigenvalue weighted by molar-refractivity contribution is 0.250. The van der Waals surface area contributed by atoms with Gasteiger partial charge in [-0.1, -0.05) is 193 Å². The molecule has 1 rings (SSSR count). The highest BCUT2D eigenvalue weighted by atomic mass is 15.2. The van der Waals surface area contributed by atoms with Gasteiger partial charge in [0.05, 0.1) is 0 Å².